The number of rotatable bonds is 2. The largest absolute Gasteiger partial charge is 0.333 e. The van der Waals surface area contributed by atoms with Gasteiger partial charge in [0.05, 0.1) is 16.9 Å². The smallest absolute Gasteiger partial charge is 0.0774 e. The monoisotopic (exact) mass is 562 g/mol. The zero-order chi connectivity index (χ0) is 19.2. The second kappa shape index (κ2) is 7.53. The molecular weight excluding hydrogens is 545 g/mol. The predicted molar refractivity (Wildman–Crippen MR) is 120 cm³/mol. The Bertz CT molecular complexity index is 1500. The van der Waals surface area contributed by atoms with Crippen molar-refractivity contribution in [1.82, 2.24) is 9.55 Å². The Morgan fingerprint density at radius 2 is 1.30 bits per heavy atom. The van der Waals surface area contributed by atoms with Gasteiger partial charge in [0.1, 0.15) is 0 Å². The molecule has 0 amide bonds. The zero-order valence-electron chi connectivity index (χ0n) is 16.0. The molecule has 1 aromatic heterocycles. The van der Waals surface area contributed by atoms with Gasteiger partial charge in [-0.05, 0) is 23.6 Å². The maximum atomic E-state index is 5.05. The van der Waals surface area contributed by atoms with E-state index in [1.165, 1.54) is 16.2 Å². The average Bonchev–Trinajstić information content (AvgIpc) is 3.17. The van der Waals surface area contributed by atoms with Gasteiger partial charge in [0.25, 0.3) is 0 Å². The fourth-order valence-corrected chi connectivity index (χ4v) is 4.19. The minimum Gasteiger partial charge on any atom is -0.333 e. The van der Waals surface area contributed by atoms with E-state index in [2.05, 4.69) is 102 Å². The number of para-hydroxylation sites is 2. The maximum absolute atomic E-state index is 5.05. The summed E-state index contributed by atoms with van der Waals surface area (Å²) in [7, 11) is 0. The first-order valence-corrected chi connectivity index (χ1v) is 9.75. The van der Waals surface area contributed by atoms with Crippen LogP contribution in [-0.2, 0) is 20.1 Å². The molecule has 145 valence electrons. The Morgan fingerprint density at radius 1 is 0.633 bits per heavy atom. The number of hydrogen-bond acceptors (Lipinski definition) is 1. The summed E-state index contributed by atoms with van der Waals surface area (Å²) in [5, 5.41) is 4.78. The molecule has 0 N–H and O–H groups in total. The molecule has 0 aliphatic carbocycles. The van der Waals surface area contributed by atoms with E-state index in [1.54, 1.807) is 0 Å². The Balaban J connectivity index is 0.00000193. The quantitative estimate of drug-likeness (QED) is 0.213. The van der Waals surface area contributed by atoms with Gasteiger partial charge in [-0.2, -0.15) is 0 Å². The van der Waals surface area contributed by atoms with Gasteiger partial charge in [0.15, 0.2) is 0 Å². The molecule has 1 heterocycles. The van der Waals surface area contributed by atoms with E-state index in [1.807, 2.05) is 12.1 Å². The normalized spacial score (nSPS) is 11.1. The standard InChI is InChI=1S/C27H17N2.Ir/c1-3-13-21-19(9-1)11-7-15-23(21)27-28-24-16-5-6-17-26(24)29(27)25-18-8-12-20-10-2-4-14-22(20)25;/h1-14,16-18H;/q-1;. The fourth-order valence-electron chi connectivity index (χ4n) is 4.19. The van der Waals surface area contributed by atoms with Crippen molar-refractivity contribution in [2.24, 2.45) is 0 Å². The molecule has 3 heteroatoms. The van der Waals surface area contributed by atoms with Crippen LogP contribution in [0, 0.1) is 6.07 Å². The Morgan fingerprint density at radius 3 is 2.17 bits per heavy atom. The van der Waals surface area contributed by atoms with E-state index in [9.17, 15) is 0 Å². The molecule has 0 fully saturated rings. The van der Waals surface area contributed by atoms with Gasteiger partial charge in [-0.25, -0.2) is 0 Å². The van der Waals surface area contributed by atoms with E-state index in [0.717, 1.165) is 33.5 Å². The third-order valence-corrected chi connectivity index (χ3v) is 5.51. The number of hydrogen-bond donors (Lipinski definition) is 0. The van der Waals surface area contributed by atoms with Crippen LogP contribution >= 0.6 is 0 Å². The first-order chi connectivity index (χ1) is 14.4. The fraction of sp³-hybridized carbons (Fsp3) is 0. The molecule has 0 saturated carbocycles. The Hall–Kier alpha value is -3.26. The molecule has 0 spiro atoms. The Kier molecular flexibility index (Phi) is 4.71. The average molecular weight is 562 g/mol. The van der Waals surface area contributed by atoms with E-state index in [4.69, 9.17) is 4.98 Å². The van der Waals surface area contributed by atoms with Crippen molar-refractivity contribution in [2.45, 2.75) is 0 Å². The summed E-state index contributed by atoms with van der Waals surface area (Å²) in [5.74, 6) is 0.916. The molecule has 6 aromatic rings. The summed E-state index contributed by atoms with van der Waals surface area (Å²) in [6.07, 6.45) is 0. The van der Waals surface area contributed by atoms with Gasteiger partial charge >= 0.3 is 0 Å². The molecule has 5 aromatic carbocycles. The van der Waals surface area contributed by atoms with Gasteiger partial charge in [0, 0.05) is 31.2 Å². The van der Waals surface area contributed by atoms with Crippen LogP contribution in [0.2, 0.25) is 0 Å². The molecule has 0 aliphatic heterocycles. The number of aromatic nitrogens is 2. The molecule has 0 bridgehead atoms. The topological polar surface area (TPSA) is 17.8 Å². The molecule has 0 aliphatic rings. The van der Waals surface area contributed by atoms with Gasteiger partial charge in [-0.15, -0.1) is 29.1 Å². The van der Waals surface area contributed by atoms with Crippen LogP contribution in [0.3, 0.4) is 0 Å². The molecule has 1 radical (unpaired) electrons. The van der Waals surface area contributed by atoms with E-state index >= 15 is 0 Å². The first kappa shape index (κ1) is 18.7. The molecular formula is C27H17IrN2-. The Labute approximate surface area is 188 Å². The van der Waals surface area contributed by atoms with E-state index < -0.39 is 0 Å². The second-order valence-corrected chi connectivity index (χ2v) is 7.20. The molecule has 0 saturated heterocycles. The van der Waals surface area contributed by atoms with Crippen molar-refractivity contribution >= 4 is 32.6 Å². The number of nitrogens with zero attached hydrogens (tertiary/aromatic N) is 2. The van der Waals surface area contributed by atoms with Crippen molar-refractivity contribution < 1.29 is 20.1 Å². The molecule has 6 rings (SSSR count). The van der Waals surface area contributed by atoms with Gasteiger partial charge in [-0.1, -0.05) is 78.2 Å². The van der Waals surface area contributed by atoms with Crippen LogP contribution < -0.4 is 0 Å². The van der Waals surface area contributed by atoms with Crippen LogP contribution in [0.15, 0.2) is 103 Å². The SMILES string of the molecule is [Ir].[c-]1ccc2ccccc2c1-c1nc2ccccc2n1-c1cccc2ccccc12. The van der Waals surface area contributed by atoms with Crippen LogP contribution in [0.5, 0.6) is 0 Å². The zero-order valence-corrected chi connectivity index (χ0v) is 18.4. The van der Waals surface area contributed by atoms with Gasteiger partial charge < -0.3 is 4.57 Å². The van der Waals surface area contributed by atoms with Crippen LogP contribution in [0.1, 0.15) is 0 Å². The van der Waals surface area contributed by atoms with Crippen molar-refractivity contribution in [2.75, 3.05) is 0 Å². The second-order valence-electron chi connectivity index (χ2n) is 7.20. The van der Waals surface area contributed by atoms with E-state index in [0.29, 0.717) is 0 Å². The van der Waals surface area contributed by atoms with E-state index in [-0.39, 0.29) is 20.1 Å². The van der Waals surface area contributed by atoms with Crippen molar-refractivity contribution in [3.8, 4) is 17.1 Å². The third-order valence-electron chi connectivity index (χ3n) is 5.51. The molecule has 0 unspecified atom stereocenters. The molecule has 2 nitrogen and oxygen atoms in total. The summed E-state index contributed by atoms with van der Waals surface area (Å²) in [4.78, 5) is 5.05. The van der Waals surface area contributed by atoms with Crippen molar-refractivity contribution in [3.05, 3.63) is 109 Å². The number of benzene rings is 5. The van der Waals surface area contributed by atoms with Crippen molar-refractivity contribution in [3.63, 3.8) is 0 Å². The minimum absolute atomic E-state index is 0. The van der Waals surface area contributed by atoms with Gasteiger partial charge in [-0.3, -0.25) is 4.98 Å². The number of imidazole rings is 1. The van der Waals surface area contributed by atoms with Crippen LogP contribution in [0.25, 0.3) is 49.7 Å². The summed E-state index contributed by atoms with van der Waals surface area (Å²) in [6, 6.07) is 39.3. The summed E-state index contributed by atoms with van der Waals surface area (Å²) in [6.45, 7) is 0. The molecule has 30 heavy (non-hydrogen) atoms. The van der Waals surface area contributed by atoms with Crippen molar-refractivity contribution in [1.29, 1.82) is 0 Å². The summed E-state index contributed by atoms with van der Waals surface area (Å²) in [5.41, 5.74) is 4.23. The first-order valence-electron chi connectivity index (χ1n) is 9.75. The van der Waals surface area contributed by atoms with Crippen LogP contribution in [-0.4, -0.2) is 9.55 Å². The summed E-state index contributed by atoms with van der Waals surface area (Å²) < 4.78 is 2.27. The summed E-state index contributed by atoms with van der Waals surface area (Å²) >= 11 is 0. The predicted octanol–water partition coefficient (Wildman–Crippen LogP) is 6.80. The maximum Gasteiger partial charge on any atom is 0.0774 e. The number of fused-ring (bicyclic) bond motifs is 3. The van der Waals surface area contributed by atoms with Gasteiger partial charge in [0.2, 0.25) is 0 Å². The third kappa shape index (κ3) is 2.87. The molecule has 0 atom stereocenters. The minimum atomic E-state index is 0. The van der Waals surface area contributed by atoms with Crippen LogP contribution in [0.4, 0.5) is 0 Å².